The largest absolute Gasteiger partial charge is 0.454 e. The minimum absolute atomic E-state index is 0.509. The van der Waals surface area contributed by atoms with Gasteiger partial charge in [0.1, 0.15) is 11.2 Å². The number of furan rings is 2. The number of fused-ring (bicyclic) bond motifs is 11. The highest BCUT2D eigenvalue weighted by Gasteiger charge is 2.48. The first-order valence-corrected chi connectivity index (χ1v) is 29.5. The van der Waals surface area contributed by atoms with Crippen LogP contribution in [0.15, 0.2) is 239 Å². The number of nitrogens with zero attached hydrogens (tertiary/aromatic N) is 2. The summed E-state index contributed by atoms with van der Waals surface area (Å²) in [6, 6.07) is 86.5. The summed E-state index contributed by atoms with van der Waals surface area (Å²) in [6.45, 7) is 4.39. The molecule has 3 aliphatic rings. The third kappa shape index (κ3) is 7.42. The number of anilines is 6. The quantitative estimate of drug-likeness (QED) is 0.137. The van der Waals surface area contributed by atoms with Crippen molar-refractivity contribution < 1.29 is 8.83 Å². The molecule has 4 nitrogen and oxygen atoms in total. The van der Waals surface area contributed by atoms with Crippen LogP contribution in [0.5, 0.6) is 0 Å². The number of benzene rings is 11. The summed E-state index contributed by atoms with van der Waals surface area (Å²) in [6.07, 6.45) is 9.90. The molecular formula is C77H62N2O2. The van der Waals surface area contributed by atoms with Crippen LogP contribution >= 0.6 is 0 Å². The van der Waals surface area contributed by atoms with Gasteiger partial charge in [-0.2, -0.15) is 0 Å². The van der Waals surface area contributed by atoms with Crippen molar-refractivity contribution in [3.63, 3.8) is 0 Å². The molecule has 13 aromatic rings. The highest BCUT2D eigenvalue weighted by atomic mass is 16.3. The summed E-state index contributed by atoms with van der Waals surface area (Å²) in [7, 11) is 0. The minimum Gasteiger partial charge on any atom is -0.454 e. The Morgan fingerprint density at radius 3 is 1.33 bits per heavy atom. The van der Waals surface area contributed by atoms with Gasteiger partial charge in [-0.25, -0.2) is 0 Å². The van der Waals surface area contributed by atoms with Crippen LogP contribution in [0.3, 0.4) is 0 Å². The van der Waals surface area contributed by atoms with E-state index in [-0.39, 0.29) is 0 Å². The van der Waals surface area contributed by atoms with Crippen molar-refractivity contribution >= 4 is 88.8 Å². The van der Waals surface area contributed by atoms with Gasteiger partial charge >= 0.3 is 0 Å². The Morgan fingerprint density at radius 1 is 0.346 bits per heavy atom. The summed E-state index contributed by atoms with van der Waals surface area (Å²) in [5.41, 5.74) is 21.9. The summed E-state index contributed by atoms with van der Waals surface area (Å²) < 4.78 is 14.6. The van der Waals surface area contributed by atoms with Gasteiger partial charge in [-0.3, -0.25) is 0 Å². The molecule has 0 unspecified atom stereocenters. The van der Waals surface area contributed by atoms with Crippen molar-refractivity contribution in [2.45, 2.75) is 82.5 Å². The molecule has 0 amide bonds. The predicted molar refractivity (Wildman–Crippen MR) is 337 cm³/mol. The Hall–Kier alpha value is -9.12. The summed E-state index contributed by atoms with van der Waals surface area (Å²) in [5.74, 6) is 1.02. The van der Waals surface area contributed by atoms with E-state index >= 15 is 0 Å². The normalized spacial score (nSPS) is 15.1. The zero-order chi connectivity index (χ0) is 53.8. The molecule has 0 saturated heterocycles. The lowest BCUT2D eigenvalue weighted by molar-refractivity contribution is 0.643. The van der Waals surface area contributed by atoms with Crippen LogP contribution < -0.4 is 9.80 Å². The summed E-state index contributed by atoms with van der Waals surface area (Å²) in [4.78, 5) is 4.95. The second-order valence-electron chi connectivity index (χ2n) is 23.3. The van der Waals surface area contributed by atoms with Crippen molar-refractivity contribution in [1.82, 2.24) is 0 Å². The molecule has 16 rings (SSSR count). The lowest BCUT2D eigenvalue weighted by Gasteiger charge is -2.36. The van der Waals surface area contributed by atoms with Crippen LogP contribution in [0.4, 0.5) is 34.1 Å². The molecule has 0 aliphatic heterocycles. The van der Waals surface area contributed by atoms with Gasteiger partial charge in [-0.05, 0) is 167 Å². The maximum absolute atomic E-state index is 7.35. The average molecular weight is 1050 g/mol. The fourth-order valence-electron chi connectivity index (χ4n) is 15.1. The van der Waals surface area contributed by atoms with Crippen molar-refractivity contribution in [2.75, 3.05) is 9.80 Å². The third-order valence-electron chi connectivity index (χ3n) is 18.7. The smallest absolute Gasteiger partial charge is 0.159 e. The zero-order valence-electron chi connectivity index (χ0n) is 46.0. The lowest BCUT2D eigenvalue weighted by Crippen LogP contribution is -2.29. The SMILES string of the molecule is Cc1cccc(N(c2ccc3c(c2)C(c2ccccc2)(c2ccccc2)c2cc(N(c4cccc(C)c4)c4cccc5c4oc4c(C6CCCC6)cccc45)c4ccccc4c2-3)c2cccc3c2oc2c(C4CCCC4)cccc23)c1. The van der Waals surface area contributed by atoms with Crippen LogP contribution in [0.25, 0.3) is 65.8 Å². The first kappa shape index (κ1) is 47.8. The molecule has 0 spiro atoms. The van der Waals surface area contributed by atoms with E-state index in [0.717, 1.165) is 67.2 Å². The molecule has 2 heterocycles. The number of aryl methyl sites for hydroxylation is 2. The van der Waals surface area contributed by atoms with Gasteiger partial charge in [0.25, 0.3) is 0 Å². The molecule has 3 aliphatic carbocycles. The molecule has 2 fully saturated rings. The van der Waals surface area contributed by atoms with Gasteiger partial charge in [0.2, 0.25) is 0 Å². The average Bonchev–Trinajstić information content (AvgIpc) is 3.03. The van der Waals surface area contributed by atoms with Crippen molar-refractivity contribution in [1.29, 1.82) is 0 Å². The molecule has 4 heteroatoms. The number of rotatable bonds is 10. The van der Waals surface area contributed by atoms with Crippen molar-refractivity contribution in [2.24, 2.45) is 0 Å². The molecule has 0 radical (unpaired) electrons. The van der Waals surface area contributed by atoms with Gasteiger partial charge < -0.3 is 18.6 Å². The minimum atomic E-state index is -0.762. The van der Waals surface area contributed by atoms with Gasteiger partial charge in [0.15, 0.2) is 11.2 Å². The standard InChI is InChI=1S/C77H62N2O2/c1-49-21-15-31-55(45-49)78(69-41-19-39-64-62-37-17-35-58(51-23-9-10-24-51)73(62)80-75(64)69)57-43-44-66-67(47-57)77(53-27-5-3-6-28-53,54-29-7-4-8-30-54)68-48-71(60-33-13-14-34-61(60)72(66)68)79(56-32-16-22-50(2)46-56)70-42-20-40-65-63-38-18-36-59(52-25-11-12-26-52)74(63)81-76(65)70/h3-8,13-22,27-48,51-52H,9-12,23-26H2,1-2H3. The topological polar surface area (TPSA) is 32.8 Å². The highest BCUT2D eigenvalue weighted by Crippen LogP contribution is 2.61. The lowest BCUT2D eigenvalue weighted by atomic mass is 9.67. The molecule has 2 saturated carbocycles. The van der Waals surface area contributed by atoms with Crippen LogP contribution in [-0.4, -0.2) is 0 Å². The maximum Gasteiger partial charge on any atom is 0.159 e. The summed E-state index contributed by atoms with van der Waals surface area (Å²) >= 11 is 0. The first-order chi connectivity index (χ1) is 40.0. The number of para-hydroxylation sites is 4. The van der Waals surface area contributed by atoms with E-state index in [1.807, 2.05) is 0 Å². The second-order valence-corrected chi connectivity index (χ2v) is 23.3. The molecule has 392 valence electrons. The highest BCUT2D eigenvalue weighted by molar-refractivity contribution is 6.16. The van der Waals surface area contributed by atoms with Crippen LogP contribution in [0, 0.1) is 13.8 Å². The summed E-state index contributed by atoms with van der Waals surface area (Å²) in [5, 5.41) is 7.01. The van der Waals surface area contributed by atoms with Crippen molar-refractivity contribution in [3.8, 4) is 11.1 Å². The zero-order valence-corrected chi connectivity index (χ0v) is 46.0. The predicted octanol–water partition coefficient (Wildman–Crippen LogP) is 21.9. The van der Waals surface area contributed by atoms with E-state index in [9.17, 15) is 0 Å². The van der Waals surface area contributed by atoms with E-state index in [2.05, 4.69) is 254 Å². The van der Waals surface area contributed by atoms with Gasteiger partial charge in [-0.15, -0.1) is 0 Å². The Kier molecular flexibility index (Phi) is 11.2. The van der Waals surface area contributed by atoms with Crippen molar-refractivity contribution in [3.05, 3.63) is 275 Å². The van der Waals surface area contributed by atoms with E-state index in [0.29, 0.717) is 11.8 Å². The number of hydrogen-bond acceptors (Lipinski definition) is 4. The molecule has 0 bridgehead atoms. The molecule has 11 aromatic carbocycles. The Bertz CT molecular complexity index is 4550. The van der Waals surface area contributed by atoms with E-state index in [1.54, 1.807) is 0 Å². The first-order valence-electron chi connectivity index (χ1n) is 29.5. The number of hydrogen-bond donors (Lipinski definition) is 0. The molecule has 0 atom stereocenters. The molecule has 2 aromatic heterocycles. The Labute approximate surface area is 473 Å². The van der Waals surface area contributed by atoms with Gasteiger partial charge in [-0.1, -0.05) is 202 Å². The molecule has 81 heavy (non-hydrogen) atoms. The van der Waals surface area contributed by atoms with Crippen LogP contribution in [0.2, 0.25) is 0 Å². The van der Waals surface area contributed by atoms with E-state index in [4.69, 9.17) is 8.83 Å². The van der Waals surface area contributed by atoms with Crippen LogP contribution in [0.1, 0.15) is 108 Å². The molecular weight excluding hydrogens is 985 g/mol. The maximum atomic E-state index is 7.35. The fourth-order valence-corrected chi connectivity index (χ4v) is 15.1. The third-order valence-corrected chi connectivity index (χ3v) is 18.7. The van der Waals surface area contributed by atoms with Gasteiger partial charge in [0.05, 0.1) is 22.5 Å². The fraction of sp³-hybridized carbons (Fsp3) is 0.169. The monoisotopic (exact) mass is 1050 g/mol. The molecule has 0 N–H and O–H groups in total. The Balaban J connectivity index is 0.977. The van der Waals surface area contributed by atoms with E-state index in [1.165, 1.54) is 129 Å². The van der Waals surface area contributed by atoms with Crippen LogP contribution in [-0.2, 0) is 5.41 Å². The van der Waals surface area contributed by atoms with Gasteiger partial charge in [0, 0.05) is 44.0 Å². The Morgan fingerprint density at radius 2 is 0.790 bits per heavy atom. The van der Waals surface area contributed by atoms with E-state index < -0.39 is 5.41 Å². The second kappa shape index (κ2) is 19.0.